The Hall–Kier alpha value is -2.73. The first kappa shape index (κ1) is 14.8. The first-order valence-electron chi connectivity index (χ1n) is 7.57. The zero-order chi connectivity index (χ0) is 16.5. The molecule has 4 aromatic rings. The highest BCUT2D eigenvalue weighted by Crippen LogP contribution is 2.39. The van der Waals surface area contributed by atoms with E-state index in [4.69, 9.17) is 4.74 Å². The van der Waals surface area contributed by atoms with E-state index in [9.17, 15) is 4.39 Å². The number of nitrogens with zero attached hydrogens (tertiary/aromatic N) is 3. The highest BCUT2D eigenvalue weighted by molar-refractivity contribution is 7.22. The van der Waals surface area contributed by atoms with Crippen LogP contribution >= 0.6 is 11.3 Å². The average Bonchev–Trinajstić information content (AvgIpc) is 3.23. The molecular weight excluding hydrogens is 325 g/mol. The van der Waals surface area contributed by atoms with Gasteiger partial charge in [0.15, 0.2) is 11.6 Å². The van der Waals surface area contributed by atoms with Gasteiger partial charge in [0.1, 0.15) is 5.75 Å². The van der Waals surface area contributed by atoms with Gasteiger partial charge in [-0.2, -0.15) is 0 Å². The maximum atomic E-state index is 13.9. The summed E-state index contributed by atoms with van der Waals surface area (Å²) in [7, 11) is 0. The van der Waals surface area contributed by atoms with Crippen molar-refractivity contribution in [3.63, 3.8) is 0 Å². The van der Waals surface area contributed by atoms with E-state index in [1.54, 1.807) is 41.8 Å². The lowest BCUT2D eigenvalue weighted by Crippen LogP contribution is -1.92. The van der Waals surface area contributed by atoms with E-state index in [-0.39, 0.29) is 11.6 Å². The number of pyridine rings is 1. The second kappa shape index (κ2) is 6.05. The number of hydrogen-bond donors (Lipinski definition) is 0. The van der Waals surface area contributed by atoms with Gasteiger partial charge in [0.2, 0.25) is 0 Å². The monoisotopic (exact) mass is 339 g/mol. The van der Waals surface area contributed by atoms with Crippen molar-refractivity contribution in [3.8, 4) is 22.1 Å². The van der Waals surface area contributed by atoms with Gasteiger partial charge < -0.3 is 9.30 Å². The zero-order valence-electron chi connectivity index (χ0n) is 12.9. The van der Waals surface area contributed by atoms with Crippen LogP contribution in [0.25, 0.3) is 20.8 Å². The molecule has 0 saturated carbocycles. The fraction of sp³-hybridized carbons (Fsp3) is 0.111. The second-order valence-corrected chi connectivity index (χ2v) is 6.28. The number of rotatable bonds is 4. The van der Waals surface area contributed by atoms with E-state index >= 15 is 0 Å². The minimum absolute atomic E-state index is 0.207. The molecule has 0 aliphatic carbocycles. The van der Waals surface area contributed by atoms with Crippen molar-refractivity contribution in [3.05, 3.63) is 60.9 Å². The summed E-state index contributed by atoms with van der Waals surface area (Å²) in [5.41, 5.74) is 1.87. The van der Waals surface area contributed by atoms with Gasteiger partial charge in [-0.3, -0.25) is 4.98 Å². The molecule has 6 heteroatoms. The number of thiophene rings is 1. The van der Waals surface area contributed by atoms with E-state index in [0.717, 1.165) is 27.3 Å². The zero-order valence-corrected chi connectivity index (χ0v) is 13.8. The number of ether oxygens (including phenoxy) is 1. The minimum atomic E-state index is -0.386. The fourth-order valence-corrected chi connectivity index (χ4v) is 3.64. The van der Waals surface area contributed by atoms with Gasteiger partial charge in [-0.1, -0.05) is 12.1 Å². The van der Waals surface area contributed by atoms with E-state index in [1.807, 2.05) is 18.6 Å². The summed E-state index contributed by atoms with van der Waals surface area (Å²) in [5.74, 6) is 0.422. The van der Waals surface area contributed by atoms with Crippen molar-refractivity contribution in [1.29, 1.82) is 0 Å². The Kier molecular flexibility index (Phi) is 3.74. The number of hydrogen-bond acceptors (Lipinski definition) is 4. The van der Waals surface area contributed by atoms with Crippen molar-refractivity contribution >= 4 is 21.6 Å². The number of fused-ring (bicyclic) bond motifs is 1. The third kappa shape index (κ3) is 2.55. The van der Waals surface area contributed by atoms with Crippen LogP contribution in [0.5, 0.6) is 11.5 Å². The Morgan fingerprint density at radius 2 is 2.08 bits per heavy atom. The molecule has 0 bridgehead atoms. The molecular formula is C18H14FN3OS. The average molecular weight is 339 g/mol. The molecule has 0 N–H and O–H groups in total. The summed E-state index contributed by atoms with van der Waals surface area (Å²) in [6.07, 6.45) is 5.32. The standard InChI is InChI=1S/C18H14FN3OS/c1-2-22-11-20-10-14(22)17-9-13-18(24-17)16(7-8-21-13)23-15-6-4-3-5-12(15)19/h3-11H,2H2,1H3. The molecule has 120 valence electrons. The maximum absolute atomic E-state index is 13.9. The largest absolute Gasteiger partial charge is 0.453 e. The van der Waals surface area contributed by atoms with Gasteiger partial charge in [0, 0.05) is 18.8 Å². The van der Waals surface area contributed by atoms with Crippen molar-refractivity contribution in [2.24, 2.45) is 0 Å². The summed E-state index contributed by atoms with van der Waals surface area (Å²) in [4.78, 5) is 9.67. The van der Waals surface area contributed by atoms with Gasteiger partial charge in [-0.15, -0.1) is 11.3 Å². The predicted molar refractivity (Wildman–Crippen MR) is 93.0 cm³/mol. The molecule has 3 aromatic heterocycles. The number of aryl methyl sites for hydroxylation is 1. The fourth-order valence-electron chi connectivity index (χ4n) is 2.55. The van der Waals surface area contributed by atoms with Crippen LogP contribution in [-0.2, 0) is 6.54 Å². The first-order chi connectivity index (χ1) is 11.8. The van der Waals surface area contributed by atoms with Gasteiger partial charge >= 0.3 is 0 Å². The molecule has 4 nitrogen and oxygen atoms in total. The number of halogens is 1. The summed E-state index contributed by atoms with van der Waals surface area (Å²) < 4.78 is 22.6. The van der Waals surface area contributed by atoms with Crippen LogP contribution in [0.15, 0.2) is 55.1 Å². The summed E-state index contributed by atoms with van der Waals surface area (Å²) >= 11 is 1.57. The topological polar surface area (TPSA) is 39.9 Å². The third-order valence-corrected chi connectivity index (χ3v) is 4.90. The lowest BCUT2D eigenvalue weighted by atomic mass is 10.3. The van der Waals surface area contributed by atoms with Crippen LogP contribution in [0.1, 0.15) is 6.92 Å². The van der Waals surface area contributed by atoms with Crippen LogP contribution in [0, 0.1) is 5.82 Å². The molecule has 24 heavy (non-hydrogen) atoms. The molecule has 0 unspecified atom stereocenters. The minimum Gasteiger partial charge on any atom is -0.453 e. The van der Waals surface area contributed by atoms with Gasteiger partial charge in [0.25, 0.3) is 0 Å². The van der Waals surface area contributed by atoms with Crippen LogP contribution in [0.3, 0.4) is 0 Å². The molecule has 0 saturated heterocycles. The smallest absolute Gasteiger partial charge is 0.165 e. The number of benzene rings is 1. The van der Waals surface area contributed by atoms with E-state index in [2.05, 4.69) is 21.5 Å². The van der Waals surface area contributed by atoms with Crippen molar-refractivity contribution in [2.75, 3.05) is 0 Å². The Bertz CT molecular complexity index is 1010. The molecule has 0 atom stereocenters. The molecule has 0 radical (unpaired) electrons. The Morgan fingerprint density at radius 1 is 1.21 bits per heavy atom. The highest BCUT2D eigenvalue weighted by Gasteiger charge is 2.14. The highest BCUT2D eigenvalue weighted by atomic mass is 32.1. The van der Waals surface area contributed by atoms with Gasteiger partial charge in [0.05, 0.1) is 33.3 Å². The lowest BCUT2D eigenvalue weighted by Gasteiger charge is -2.06. The Morgan fingerprint density at radius 3 is 2.92 bits per heavy atom. The molecule has 0 amide bonds. The number of imidazole rings is 1. The van der Waals surface area contributed by atoms with Crippen LogP contribution in [-0.4, -0.2) is 14.5 Å². The van der Waals surface area contributed by atoms with E-state index in [0.29, 0.717) is 5.75 Å². The quantitative estimate of drug-likeness (QED) is 0.518. The summed E-state index contributed by atoms with van der Waals surface area (Å²) in [6.45, 7) is 2.92. The SMILES string of the molecule is CCn1cncc1-c1cc2nccc(Oc3ccccc3F)c2s1. The lowest BCUT2D eigenvalue weighted by molar-refractivity contribution is 0.447. The van der Waals surface area contributed by atoms with E-state index < -0.39 is 0 Å². The van der Waals surface area contributed by atoms with Gasteiger partial charge in [-0.25, -0.2) is 9.37 Å². The van der Waals surface area contributed by atoms with Crippen LogP contribution in [0.2, 0.25) is 0 Å². The molecule has 0 spiro atoms. The number of aromatic nitrogens is 3. The predicted octanol–water partition coefficient (Wildman–Crippen LogP) is 5.11. The van der Waals surface area contributed by atoms with Crippen molar-refractivity contribution in [1.82, 2.24) is 14.5 Å². The maximum Gasteiger partial charge on any atom is 0.165 e. The molecule has 0 fully saturated rings. The van der Waals surface area contributed by atoms with Crippen molar-refractivity contribution < 1.29 is 9.13 Å². The molecule has 1 aromatic carbocycles. The van der Waals surface area contributed by atoms with Crippen LogP contribution in [0.4, 0.5) is 4.39 Å². The summed E-state index contributed by atoms with van der Waals surface area (Å²) in [6, 6.07) is 10.1. The van der Waals surface area contributed by atoms with E-state index in [1.165, 1.54) is 6.07 Å². The molecule has 0 aliphatic heterocycles. The molecule has 3 heterocycles. The number of para-hydroxylation sites is 1. The Balaban J connectivity index is 1.79. The third-order valence-electron chi connectivity index (χ3n) is 3.74. The normalized spacial score (nSPS) is 11.1. The van der Waals surface area contributed by atoms with Gasteiger partial charge in [-0.05, 0) is 25.1 Å². The first-order valence-corrected chi connectivity index (χ1v) is 8.39. The van der Waals surface area contributed by atoms with Crippen LogP contribution < -0.4 is 4.74 Å². The second-order valence-electron chi connectivity index (χ2n) is 5.23. The van der Waals surface area contributed by atoms with Crippen molar-refractivity contribution in [2.45, 2.75) is 13.5 Å². The molecule has 0 aliphatic rings. The molecule has 4 rings (SSSR count). The Labute approximate surface area is 142 Å². The summed E-state index contributed by atoms with van der Waals surface area (Å²) in [5, 5.41) is 0.